The summed E-state index contributed by atoms with van der Waals surface area (Å²) in [5, 5.41) is 20.4. The third kappa shape index (κ3) is 4.70. The number of aromatic carboxylic acids is 1. The second kappa shape index (κ2) is 7.83. The number of nitrogens with one attached hydrogen (secondary N) is 1. The highest BCUT2D eigenvalue weighted by Gasteiger charge is 2.09. The lowest BCUT2D eigenvalue weighted by Crippen LogP contribution is -2.15. The van der Waals surface area contributed by atoms with Gasteiger partial charge in [0, 0.05) is 36.4 Å². The first-order chi connectivity index (χ1) is 12.5. The molecule has 0 spiro atoms. The number of amides is 1. The van der Waals surface area contributed by atoms with Crippen molar-refractivity contribution in [2.75, 3.05) is 5.32 Å². The van der Waals surface area contributed by atoms with E-state index in [9.17, 15) is 9.59 Å². The summed E-state index contributed by atoms with van der Waals surface area (Å²) in [6.07, 6.45) is 4.57. The minimum Gasteiger partial charge on any atom is -0.478 e. The molecule has 0 aliphatic heterocycles. The molecule has 0 unspecified atom stereocenters. The van der Waals surface area contributed by atoms with Crippen molar-refractivity contribution in [3.63, 3.8) is 0 Å². The highest BCUT2D eigenvalue weighted by Crippen LogP contribution is 2.11. The highest BCUT2D eigenvalue weighted by molar-refractivity contribution is 6.30. The van der Waals surface area contributed by atoms with Crippen molar-refractivity contribution in [1.29, 1.82) is 0 Å². The van der Waals surface area contributed by atoms with Crippen molar-refractivity contribution in [2.24, 2.45) is 0 Å². The predicted octanol–water partition coefficient (Wildman–Crippen LogP) is 2.51. The van der Waals surface area contributed by atoms with Crippen molar-refractivity contribution in [3.05, 3.63) is 65.1 Å². The average Bonchev–Trinajstić information content (AvgIpc) is 3.25. The number of carbonyl (C=O) groups is 2. The Morgan fingerprint density at radius 1 is 1.15 bits per heavy atom. The zero-order valence-corrected chi connectivity index (χ0v) is 14.4. The third-order valence-electron chi connectivity index (χ3n) is 3.61. The Balaban J connectivity index is 1.50. The van der Waals surface area contributed by atoms with Crippen molar-refractivity contribution in [3.8, 4) is 0 Å². The van der Waals surface area contributed by atoms with E-state index in [-0.39, 0.29) is 24.4 Å². The van der Waals surface area contributed by atoms with E-state index in [1.165, 1.54) is 17.1 Å². The third-order valence-corrected chi connectivity index (χ3v) is 3.87. The fourth-order valence-electron chi connectivity index (χ4n) is 2.31. The van der Waals surface area contributed by atoms with Gasteiger partial charge in [-0.05, 0) is 17.7 Å². The van der Waals surface area contributed by atoms with E-state index in [0.29, 0.717) is 17.4 Å². The Hall–Kier alpha value is -3.13. The molecule has 26 heavy (non-hydrogen) atoms. The number of anilines is 1. The lowest BCUT2D eigenvalue weighted by Gasteiger charge is -2.04. The van der Waals surface area contributed by atoms with Crippen LogP contribution in [0.4, 0.5) is 5.82 Å². The Morgan fingerprint density at radius 2 is 1.92 bits per heavy atom. The molecule has 0 saturated heterocycles. The summed E-state index contributed by atoms with van der Waals surface area (Å²) in [7, 11) is 0. The van der Waals surface area contributed by atoms with Crippen LogP contribution in [0.3, 0.4) is 0 Å². The monoisotopic (exact) mass is 373 g/mol. The number of nitrogens with zero attached hydrogens (tertiary/aromatic N) is 4. The van der Waals surface area contributed by atoms with Gasteiger partial charge in [-0.25, -0.2) is 4.79 Å². The number of carboxylic acids is 1. The molecule has 0 fully saturated rings. The summed E-state index contributed by atoms with van der Waals surface area (Å²) in [6, 6.07) is 9.17. The van der Waals surface area contributed by atoms with Gasteiger partial charge in [-0.1, -0.05) is 23.7 Å². The van der Waals surface area contributed by atoms with Crippen LogP contribution in [0, 0.1) is 0 Å². The molecule has 0 bridgehead atoms. The van der Waals surface area contributed by atoms with E-state index in [1.807, 2.05) is 24.3 Å². The molecule has 9 heteroatoms. The van der Waals surface area contributed by atoms with Gasteiger partial charge in [-0.2, -0.15) is 10.2 Å². The van der Waals surface area contributed by atoms with Crippen LogP contribution in [0.5, 0.6) is 0 Å². The van der Waals surface area contributed by atoms with Gasteiger partial charge in [0.2, 0.25) is 5.91 Å². The van der Waals surface area contributed by atoms with Gasteiger partial charge >= 0.3 is 5.97 Å². The van der Waals surface area contributed by atoms with E-state index >= 15 is 0 Å². The maximum Gasteiger partial charge on any atom is 0.338 e. The predicted molar refractivity (Wildman–Crippen MR) is 95.2 cm³/mol. The number of aryl methyl sites for hydroxylation is 1. The van der Waals surface area contributed by atoms with Gasteiger partial charge in [0.25, 0.3) is 0 Å². The van der Waals surface area contributed by atoms with Crippen LogP contribution in [-0.4, -0.2) is 36.5 Å². The van der Waals surface area contributed by atoms with Crippen LogP contribution in [-0.2, 0) is 17.9 Å². The molecule has 3 aromatic rings. The van der Waals surface area contributed by atoms with Gasteiger partial charge < -0.3 is 10.4 Å². The summed E-state index contributed by atoms with van der Waals surface area (Å²) in [5.74, 6) is -0.822. The Labute approximate surface area is 154 Å². The summed E-state index contributed by atoms with van der Waals surface area (Å²) < 4.78 is 3.13. The van der Waals surface area contributed by atoms with Gasteiger partial charge in [0.15, 0.2) is 5.82 Å². The van der Waals surface area contributed by atoms with E-state index in [0.717, 1.165) is 5.56 Å². The molecule has 2 N–H and O–H groups in total. The summed E-state index contributed by atoms with van der Waals surface area (Å²) in [4.78, 5) is 22.8. The lowest BCUT2D eigenvalue weighted by molar-refractivity contribution is -0.116. The van der Waals surface area contributed by atoms with Crippen molar-refractivity contribution < 1.29 is 14.7 Å². The number of carboxylic acid groups (broad SMARTS) is 1. The van der Waals surface area contributed by atoms with Crippen molar-refractivity contribution in [2.45, 2.75) is 19.5 Å². The molecule has 0 radical (unpaired) electrons. The highest BCUT2D eigenvalue weighted by atomic mass is 35.5. The maximum absolute atomic E-state index is 12.0. The molecule has 2 aromatic heterocycles. The average molecular weight is 374 g/mol. The Morgan fingerprint density at radius 3 is 2.62 bits per heavy atom. The molecule has 8 nitrogen and oxygen atoms in total. The number of aromatic nitrogens is 4. The molecule has 2 heterocycles. The van der Waals surface area contributed by atoms with Crippen LogP contribution >= 0.6 is 11.6 Å². The van der Waals surface area contributed by atoms with E-state index in [1.54, 1.807) is 16.9 Å². The first-order valence-electron chi connectivity index (χ1n) is 7.83. The zero-order valence-electron chi connectivity index (χ0n) is 13.7. The number of rotatable bonds is 7. The SMILES string of the molecule is O=C(CCn1cc(C(=O)O)cn1)Nc1ccn(Cc2ccc(Cl)cc2)n1. The summed E-state index contributed by atoms with van der Waals surface area (Å²) in [5.41, 5.74) is 1.13. The molecule has 134 valence electrons. The molecule has 0 saturated carbocycles. The van der Waals surface area contributed by atoms with E-state index in [2.05, 4.69) is 15.5 Å². The van der Waals surface area contributed by atoms with Crippen molar-refractivity contribution >= 4 is 29.3 Å². The molecular formula is C17H16ClN5O3. The van der Waals surface area contributed by atoms with Crippen LogP contribution in [0.15, 0.2) is 48.9 Å². The molecule has 3 rings (SSSR count). The van der Waals surface area contributed by atoms with Gasteiger partial charge in [-0.15, -0.1) is 0 Å². The van der Waals surface area contributed by atoms with Crippen LogP contribution < -0.4 is 5.32 Å². The fraction of sp³-hybridized carbons (Fsp3) is 0.176. The molecular weight excluding hydrogens is 358 g/mol. The fourth-order valence-corrected chi connectivity index (χ4v) is 2.44. The van der Waals surface area contributed by atoms with Gasteiger partial charge in [0.1, 0.15) is 0 Å². The van der Waals surface area contributed by atoms with Crippen LogP contribution in [0.2, 0.25) is 5.02 Å². The molecule has 0 aliphatic rings. The minimum atomic E-state index is -1.05. The Kier molecular flexibility index (Phi) is 5.33. The normalized spacial score (nSPS) is 10.7. The Bertz CT molecular complexity index is 917. The molecule has 0 aliphatic carbocycles. The molecule has 0 atom stereocenters. The van der Waals surface area contributed by atoms with E-state index < -0.39 is 5.97 Å². The largest absolute Gasteiger partial charge is 0.478 e. The maximum atomic E-state index is 12.0. The van der Waals surface area contributed by atoms with E-state index in [4.69, 9.17) is 16.7 Å². The number of hydrogen-bond acceptors (Lipinski definition) is 4. The number of halogens is 1. The topological polar surface area (TPSA) is 102 Å². The summed E-state index contributed by atoms with van der Waals surface area (Å²) in [6.45, 7) is 0.850. The molecule has 1 amide bonds. The quantitative estimate of drug-likeness (QED) is 0.662. The number of carbonyl (C=O) groups excluding carboxylic acids is 1. The lowest BCUT2D eigenvalue weighted by atomic mass is 10.2. The first-order valence-corrected chi connectivity index (χ1v) is 8.21. The summed E-state index contributed by atoms with van der Waals surface area (Å²) >= 11 is 5.86. The van der Waals surface area contributed by atoms with Gasteiger partial charge in [-0.3, -0.25) is 14.2 Å². The zero-order chi connectivity index (χ0) is 18.5. The van der Waals surface area contributed by atoms with Crippen molar-refractivity contribution in [1.82, 2.24) is 19.6 Å². The smallest absolute Gasteiger partial charge is 0.338 e. The van der Waals surface area contributed by atoms with Crippen LogP contribution in [0.25, 0.3) is 0 Å². The van der Waals surface area contributed by atoms with Crippen LogP contribution in [0.1, 0.15) is 22.3 Å². The number of benzene rings is 1. The second-order valence-electron chi connectivity index (χ2n) is 5.62. The first kappa shape index (κ1) is 17.7. The molecule has 1 aromatic carbocycles. The number of hydrogen-bond donors (Lipinski definition) is 2. The standard InChI is InChI=1S/C17H16ClN5O3/c18-14-3-1-12(2-4-14)10-23-7-5-15(21-23)20-16(24)6-8-22-11-13(9-19-22)17(25)26/h1-5,7,9,11H,6,8,10H2,(H,25,26)(H,20,21,24). The van der Waals surface area contributed by atoms with Gasteiger partial charge in [0.05, 0.1) is 18.3 Å². The minimum absolute atomic E-state index is 0.0892. The second-order valence-corrected chi connectivity index (χ2v) is 6.06.